The molecule has 0 bridgehead atoms. The second kappa shape index (κ2) is 27.4. The van der Waals surface area contributed by atoms with E-state index >= 15 is 0 Å². The Balaban J connectivity index is 0.000000369. The SMILES string of the molecule is CCCCCCCCCCCCCCCC1CCCCC1.Cc1cc(-c2ccc(NC(=O)Nc3nc(N)nc(NC(N)=O)n3)c(C)c2)ccc1NC(=O)Nc1nc(N)nc(NC(N)=O)n1. The third-order valence-corrected chi connectivity index (χ3v) is 10.9. The number of amides is 8. The van der Waals surface area contributed by atoms with E-state index in [1.54, 1.807) is 38.1 Å². The summed E-state index contributed by atoms with van der Waals surface area (Å²) >= 11 is 0. The molecule has 1 aliphatic rings. The number of primary amides is 2. The van der Waals surface area contributed by atoms with Crippen LogP contribution in [-0.4, -0.2) is 54.0 Å². The van der Waals surface area contributed by atoms with Gasteiger partial charge in [-0.2, -0.15) is 29.9 Å². The molecule has 0 atom stereocenters. The van der Waals surface area contributed by atoms with Crippen LogP contribution < -0.4 is 54.8 Å². The fraction of sp³-hybridized carbons (Fsp3) is 0.511. The van der Waals surface area contributed by atoms with Crippen LogP contribution >= 0.6 is 0 Å². The maximum Gasteiger partial charge on any atom is 0.326 e. The molecule has 2 aromatic carbocycles. The predicted molar refractivity (Wildman–Crippen MR) is 258 cm³/mol. The number of nitrogens with two attached hydrogens (primary N) is 4. The summed E-state index contributed by atoms with van der Waals surface area (Å²) in [5, 5.41) is 14.5. The molecule has 0 spiro atoms. The summed E-state index contributed by atoms with van der Waals surface area (Å²) in [5.74, 6) is -0.221. The number of hydrogen-bond acceptors (Lipinski definition) is 12. The first kappa shape index (κ1) is 50.8. The molecule has 14 N–H and O–H groups in total. The minimum Gasteiger partial charge on any atom is -0.368 e. The zero-order chi connectivity index (χ0) is 47.0. The molecule has 2 heterocycles. The normalized spacial score (nSPS) is 12.3. The quantitative estimate of drug-likeness (QED) is 0.0349. The van der Waals surface area contributed by atoms with Gasteiger partial charge in [0.05, 0.1) is 0 Å². The molecule has 65 heavy (non-hydrogen) atoms. The van der Waals surface area contributed by atoms with E-state index in [0.717, 1.165) is 28.2 Å². The van der Waals surface area contributed by atoms with Crippen molar-refractivity contribution in [3.8, 4) is 11.1 Å². The van der Waals surface area contributed by atoms with E-state index in [0.29, 0.717) is 11.4 Å². The van der Waals surface area contributed by atoms with Crippen LogP contribution in [-0.2, 0) is 0 Å². The Hall–Kier alpha value is -6.86. The lowest BCUT2D eigenvalue weighted by Gasteiger charge is -2.21. The van der Waals surface area contributed by atoms with Crippen LogP contribution in [0.1, 0.15) is 140 Å². The highest BCUT2D eigenvalue weighted by Gasteiger charge is 2.15. The number of hydrogen-bond donors (Lipinski definition) is 10. The van der Waals surface area contributed by atoms with E-state index < -0.39 is 24.1 Å². The number of nitrogens with one attached hydrogen (secondary N) is 6. The number of aromatic nitrogens is 6. The lowest BCUT2D eigenvalue weighted by atomic mass is 9.85. The number of carbonyl (C=O) groups is 4. The molecular formula is C45H68N16O4. The molecule has 352 valence electrons. The fourth-order valence-electron chi connectivity index (χ4n) is 7.63. The van der Waals surface area contributed by atoms with E-state index in [2.05, 4.69) is 68.7 Å². The van der Waals surface area contributed by atoms with Crippen LogP contribution in [0.4, 0.5) is 66.2 Å². The van der Waals surface area contributed by atoms with Gasteiger partial charge in [0.1, 0.15) is 0 Å². The van der Waals surface area contributed by atoms with Crippen LogP contribution in [0.5, 0.6) is 0 Å². The van der Waals surface area contributed by atoms with Gasteiger partial charge in [-0.3, -0.25) is 21.3 Å². The summed E-state index contributed by atoms with van der Waals surface area (Å²) in [6.07, 6.45) is 28.4. The van der Waals surface area contributed by atoms with Crippen LogP contribution in [0, 0.1) is 19.8 Å². The maximum absolute atomic E-state index is 12.5. The fourth-order valence-corrected chi connectivity index (χ4v) is 7.63. The number of aryl methyl sites for hydroxylation is 2. The van der Waals surface area contributed by atoms with Crippen molar-refractivity contribution in [1.82, 2.24) is 29.9 Å². The highest BCUT2D eigenvalue weighted by molar-refractivity contribution is 6.00. The number of rotatable bonds is 21. The predicted octanol–water partition coefficient (Wildman–Crippen LogP) is 9.82. The first-order chi connectivity index (χ1) is 31.3. The number of benzene rings is 2. The Morgan fingerprint density at radius 2 is 0.877 bits per heavy atom. The molecule has 0 aliphatic heterocycles. The monoisotopic (exact) mass is 897 g/mol. The van der Waals surface area contributed by atoms with Crippen LogP contribution in [0.25, 0.3) is 11.1 Å². The third-order valence-electron chi connectivity index (χ3n) is 10.9. The van der Waals surface area contributed by atoms with E-state index in [1.165, 1.54) is 122 Å². The Labute approximate surface area is 381 Å². The van der Waals surface area contributed by atoms with Crippen LogP contribution in [0.2, 0.25) is 0 Å². The number of anilines is 8. The molecule has 1 aliphatic carbocycles. The Bertz CT molecular complexity index is 2040. The van der Waals surface area contributed by atoms with Crippen molar-refractivity contribution in [1.29, 1.82) is 0 Å². The first-order valence-electron chi connectivity index (χ1n) is 22.8. The molecule has 1 saturated carbocycles. The first-order valence-corrected chi connectivity index (χ1v) is 22.8. The van der Waals surface area contributed by atoms with E-state index in [-0.39, 0.29) is 35.7 Å². The molecule has 0 unspecified atom stereocenters. The largest absolute Gasteiger partial charge is 0.368 e. The number of unbranched alkanes of at least 4 members (excludes halogenated alkanes) is 12. The number of carbonyl (C=O) groups excluding carboxylic acids is 4. The summed E-state index contributed by atoms with van der Waals surface area (Å²) in [7, 11) is 0. The topological polar surface area (TPSA) is 322 Å². The van der Waals surface area contributed by atoms with Crippen LogP contribution in [0.3, 0.4) is 0 Å². The van der Waals surface area contributed by atoms with Gasteiger partial charge in [-0.1, -0.05) is 141 Å². The van der Waals surface area contributed by atoms with Gasteiger partial charge in [0.15, 0.2) is 0 Å². The smallest absolute Gasteiger partial charge is 0.326 e. The van der Waals surface area contributed by atoms with Crippen molar-refractivity contribution in [2.24, 2.45) is 17.4 Å². The molecule has 1 fully saturated rings. The van der Waals surface area contributed by atoms with Crippen molar-refractivity contribution >= 4 is 71.2 Å². The molecule has 20 heteroatoms. The van der Waals surface area contributed by atoms with Crippen molar-refractivity contribution < 1.29 is 19.2 Å². The summed E-state index contributed by atoms with van der Waals surface area (Å²) in [5.41, 5.74) is 25.4. The molecule has 2 aromatic heterocycles. The highest BCUT2D eigenvalue weighted by atomic mass is 16.2. The summed E-state index contributed by atoms with van der Waals surface area (Å²) < 4.78 is 0. The molecule has 20 nitrogen and oxygen atoms in total. The van der Waals surface area contributed by atoms with Gasteiger partial charge in [0, 0.05) is 11.4 Å². The minimum absolute atomic E-state index is 0.201. The molecule has 0 radical (unpaired) electrons. The molecule has 5 rings (SSSR count). The highest BCUT2D eigenvalue weighted by Crippen LogP contribution is 2.30. The molecule has 4 aromatic rings. The van der Waals surface area contributed by atoms with Gasteiger partial charge >= 0.3 is 24.1 Å². The minimum atomic E-state index is -0.911. The molecule has 0 saturated heterocycles. The lowest BCUT2D eigenvalue weighted by molar-refractivity contribution is 0.258. The average Bonchev–Trinajstić information content (AvgIpc) is 3.23. The number of nitrogen functional groups attached to an aromatic ring is 2. The Kier molecular flexibility index (Phi) is 21.4. The van der Waals surface area contributed by atoms with Gasteiger partial charge in [-0.05, 0) is 66.3 Å². The van der Waals surface area contributed by atoms with Crippen molar-refractivity contribution in [2.45, 2.75) is 143 Å². The summed E-state index contributed by atoms with van der Waals surface area (Å²) in [6.45, 7) is 5.91. The maximum atomic E-state index is 12.5. The van der Waals surface area contributed by atoms with Gasteiger partial charge < -0.3 is 33.6 Å². The Morgan fingerprint density at radius 3 is 1.25 bits per heavy atom. The van der Waals surface area contributed by atoms with E-state index in [9.17, 15) is 19.2 Å². The second-order valence-corrected chi connectivity index (χ2v) is 16.4. The van der Waals surface area contributed by atoms with Gasteiger partial charge in [0.2, 0.25) is 35.7 Å². The Morgan fingerprint density at radius 1 is 0.508 bits per heavy atom. The summed E-state index contributed by atoms with van der Waals surface area (Å²) in [6, 6.07) is 7.60. The third kappa shape index (κ3) is 19.6. The van der Waals surface area contributed by atoms with E-state index in [1.807, 2.05) is 12.1 Å². The van der Waals surface area contributed by atoms with Gasteiger partial charge in [-0.25, -0.2) is 19.2 Å². The molecule has 8 amide bonds. The van der Waals surface area contributed by atoms with Gasteiger partial charge in [0.25, 0.3) is 0 Å². The average molecular weight is 897 g/mol. The molecular weight excluding hydrogens is 829 g/mol. The standard InChI is InChI=1S/C24H26N16O4.C21H42/c1-9-7-11(3-5-13(9)29-23(43)39-21-33-15(25)31-19(37-21)35-17(27)41)12-4-6-14(10(2)8-12)30-24(44)40-22-34-16(26)32-20(38-22)36-18(28)42;1-2-3-4-5-6-7-8-9-10-11-12-13-15-18-21-19-16-14-17-20-21/h3-8H,1-2H3,(H7,25,27,29,31,33,35,37,39,41,43)(H7,26,28,30,32,34,36,38,40,42,44);21H,2-20H2,1H3. The number of nitrogens with zero attached hydrogens (tertiary/aromatic N) is 6. The van der Waals surface area contributed by atoms with Crippen molar-refractivity contribution in [2.75, 3.05) is 43.4 Å². The van der Waals surface area contributed by atoms with E-state index in [4.69, 9.17) is 22.9 Å². The zero-order valence-electron chi connectivity index (χ0n) is 38.1. The van der Waals surface area contributed by atoms with Gasteiger partial charge in [-0.15, -0.1) is 0 Å². The second-order valence-electron chi connectivity index (χ2n) is 16.4. The van der Waals surface area contributed by atoms with Crippen molar-refractivity contribution in [3.63, 3.8) is 0 Å². The van der Waals surface area contributed by atoms with Crippen LogP contribution in [0.15, 0.2) is 36.4 Å². The number of urea groups is 4. The van der Waals surface area contributed by atoms with Crippen molar-refractivity contribution in [3.05, 3.63) is 47.5 Å². The zero-order valence-corrected chi connectivity index (χ0v) is 38.1. The lowest BCUT2D eigenvalue weighted by Crippen LogP contribution is -2.24. The summed E-state index contributed by atoms with van der Waals surface area (Å²) in [4.78, 5) is 69.8.